The van der Waals surface area contributed by atoms with E-state index in [1.54, 1.807) is 31.4 Å². The van der Waals surface area contributed by atoms with E-state index in [1.165, 1.54) is 6.08 Å². The minimum absolute atomic E-state index is 0.304. The summed E-state index contributed by atoms with van der Waals surface area (Å²) in [4.78, 5) is 22.2. The second-order valence-corrected chi connectivity index (χ2v) is 4.17. The van der Waals surface area contributed by atoms with Crippen LogP contribution in [0.15, 0.2) is 30.3 Å². The highest BCUT2D eigenvalue weighted by Crippen LogP contribution is 2.12. The normalized spacial score (nSPS) is 12.3. The number of amides is 1. The molecule has 1 rings (SSSR count). The predicted octanol–water partition coefficient (Wildman–Crippen LogP) is 1.09. The van der Waals surface area contributed by atoms with Crippen LogP contribution in [0.4, 0.5) is 5.69 Å². The van der Waals surface area contributed by atoms with Crippen LogP contribution in [0.25, 0.3) is 6.08 Å². The summed E-state index contributed by atoms with van der Waals surface area (Å²) in [5, 5.41) is 11.2. The van der Waals surface area contributed by atoms with Crippen molar-refractivity contribution in [2.75, 3.05) is 19.0 Å². The number of aliphatic carboxylic acids is 1. The molecule has 0 saturated heterocycles. The second kappa shape index (κ2) is 8.08. The number of carbonyl (C=O) groups excluding carboxylic acids is 1. The highest BCUT2D eigenvalue weighted by molar-refractivity contribution is 5.95. The van der Waals surface area contributed by atoms with Gasteiger partial charge in [-0.3, -0.25) is 4.79 Å². The van der Waals surface area contributed by atoms with Crippen molar-refractivity contribution >= 4 is 23.6 Å². The highest BCUT2D eigenvalue weighted by Gasteiger charge is 2.13. The summed E-state index contributed by atoms with van der Waals surface area (Å²) in [6.07, 6.45) is 2.91. The Bertz CT molecular complexity index is 500. The Morgan fingerprint density at radius 1 is 1.50 bits per heavy atom. The van der Waals surface area contributed by atoms with E-state index in [1.807, 2.05) is 0 Å². The third-order valence-corrected chi connectivity index (χ3v) is 2.54. The van der Waals surface area contributed by atoms with Gasteiger partial charge in [-0.15, -0.1) is 0 Å². The Labute approximate surface area is 117 Å². The number of rotatable bonds is 7. The predicted molar refractivity (Wildman–Crippen MR) is 76.2 cm³/mol. The number of hydrogen-bond donors (Lipinski definition) is 3. The molecular weight excluding hydrogens is 260 g/mol. The van der Waals surface area contributed by atoms with Crippen LogP contribution in [0.2, 0.25) is 0 Å². The Morgan fingerprint density at radius 2 is 2.25 bits per heavy atom. The molecule has 0 aliphatic rings. The molecule has 1 atom stereocenters. The molecule has 0 bridgehead atoms. The molecule has 0 fully saturated rings. The maximum atomic E-state index is 11.8. The standard InChI is InChI=1S/C14H18N2O4/c1-20-8-7-12(15)14(19)16-11-4-2-3-10(9-11)5-6-13(17)18/h2-6,9,12H,7-8,15H2,1H3,(H,16,19)(H,17,18)/b6-5+. The summed E-state index contributed by atoms with van der Waals surface area (Å²) >= 11 is 0. The van der Waals surface area contributed by atoms with Crippen molar-refractivity contribution in [1.29, 1.82) is 0 Å². The maximum absolute atomic E-state index is 11.8. The van der Waals surface area contributed by atoms with Gasteiger partial charge in [0.1, 0.15) is 0 Å². The highest BCUT2D eigenvalue weighted by atomic mass is 16.5. The van der Waals surface area contributed by atoms with Crippen molar-refractivity contribution in [2.24, 2.45) is 5.73 Å². The van der Waals surface area contributed by atoms with E-state index in [2.05, 4.69) is 5.32 Å². The third-order valence-electron chi connectivity index (χ3n) is 2.54. The Morgan fingerprint density at radius 3 is 2.90 bits per heavy atom. The molecule has 6 nitrogen and oxygen atoms in total. The van der Waals surface area contributed by atoms with Gasteiger partial charge in [0.15, 0.2) is 0 Å². The van der Waals surface area contributed by atoms with Crippen LogP contribution in [-0.2, 0) is 14.3 Å². The van der Waals surface area contributed by atoms with E-state index in [4.69, 9.17) is 15.6 Å². The molecule has 0 saturated carbocycles. The lowest BCUT2D eigenvalue weighted by Gasteiger charge is -2.12. The molecule has 0 spiro atoms. The second-order valence-electron chi connectivity index (χ2n) is 4.17. The quantitative estimate of drug-likeness (QED) is 0.648. The zero-order chi connectivity index (χ0) is 15.0. The molecule has 6 heteroatoms. The maximum Gasteiger partial charge on any atom is 0.328 e. The van der Waals surface area contributed by atoms with Gasteiger partial charge >= 0.3 is 5.97 Å². The number of methoxy groups -OCH3 is 1. The summed E-state index contributed by atoms with van der Waals surface area (Å²) < 4.78 is 4.86. The van der Waals surface area contributed by atoms with Crippen molar-refractivity contribution in [2.45, 2.75) is 12.5 Å². The summed E-state index contributed by atoms with van der Waals surface area (Å²) in [6.45, 7) is 0.413. The fourth-order valence-electron chi connectivity index (χ4n) is 1.50. The van der Waals surface area contributed by atoms with Gasteiger partial charge in [-0.2, -0.15) is 0 Å². The lowest BCUT2D eigenvalue weighted by Crippen LogP contribution is -2.36. The number of anilines is 1. The van der Waals surface area contributed by atoms with Crippen LogP contribution < -0.4 is 11.1 Å². The van der Waals surface area contributed by atoms with E-state index in [9.17, 15) is 9.59 Å². The van der Waals surface area contributed by atoms with Crippen LogP contribution in [0, 0.1) is 0 Å². The average molecular weight is 278 g/mol. The van der Waals surface area contributed by atoms with Gasteiger partial charge in [-0.1, -0.05) is 12.1 Å². The van der Waals surface area contributed by atoms with Crippen molar-refractivity contribution in [3.63, 3.8) is 0 Å². The van der Waals surface area contributed by atoms with E-state index >= 15 is 0 Å². The smallest absolute Gasteiger partial charge is 0.328 e. The first-order valence-corrected chi connectivity index (χ1v) is 6.09. The molecule has 0 heterocycles. The average Bonchev–Trinajstić information content (AvgIpc) is 2.42. The zero-order valence-corrected chi connectivity index (χ0v) is 11.2. The Balaban J connectivity index is 2.66. The molecule has 1 aromatic rings. The summed E-state index contributed by atoms with van der Waals surface area (Å²) in [5.41, 5.74) is 6.95. The van der Waals surface area contributed by atoms with Gasteiger partial charge < -0.3 is 20.9 Å². The van der Waals surface area contributed by atoms with Gasteiger partial charge in [0, 0.05) is 25.5 Å². The van der Waals surface area contributed by atoms with Crippen LogP contribution in [0.5, 0.6) is 0 Å². The lowest BCUT2D eigenvalue weighted by molar-refractivity contribution is -0.131. The van der Waals surface area contributed by atoms with Gasteiger partial charge in [-0.25, -0.2) is 4.79 Å². The molecule has 4 N–H and O–H groups in total. The van der Waals surface area contributed by atoms with Crippen LogP contribution >= 0.6 is 0 Å². The minimum Gasteiger partial charge on any atom is -0.478 e. The summed E-state index contributed by atoms with van der Waals surface area (Å²) in [6, 6.07) is 6.19. The van der Waals surface area contributed by atoms with E-state index in [-0.39, 0.29) is 5.91 Å². The molecule has 1 amide bonds. The molecule has 108 valence electrons. The third kappa shape index (κ3) is 5.64. The molecule has 0 aliphatic carbocycles. The first-order valence-electron chi connectivity index (χ1n) is 6.09. The molecule has 0 aromatic heterocycles. The van der Waals surface area contributed by atoms with Crippen molar-refractivity contribution in [1.82, 2.24) is 0 Å². The molecule has 0 aliphatic heterocycles. The molecule has 20 heavy (non-hydrogen) atoms. The first kappa shape index (κ1) is 15.9. The number of carboxylic acid groups (broad SMARTS) is 1. The van der Waals surface area contributed by atoms with Gasteiger partial charge in [0.05, 0.1) is 6.04 Å². The number of carbonyl (C=O) groups is 2. The van der Waals surface area contributed by atoms with Gasteiger partial charge in [-0.05, 0) is 30.2 Å². The fraction of sp³-hybridized carbons (Fsp3) is 0.286. The van der Waals surface area contributed by atoms with Crippen LogP contribution in [-0.4, -0.2) is 36.7 Å². The van der Waals surface area contributed by atoms with E-state index < -0.39 is 12.0 Å². The van der Waals surface area contributed by atoms with Crippen molar-refractivity contribution < 1.29 is 19.4 Å². The molecular formula is C14H18N2O4. The number of nitrogens with one attached hydrogen (secondary N) is 1. The van der Waals surface area contributed by atoms with Crippen LogP contribution in [0.3, 0.4) is 0 Å². The van der Waals surface area contributed by atoms with Crippen molar-refractivity contribution in [3.8, 4) is 0 Å². The monoisotopic (exact) mass is 278 g/mol. The van der Waals surface area contributed by atoms with Crippen LogP contribution in [0.1, 0.15) is 12.0 Å². The number of carboxylic acids is 1. The number of benzene rings is 1. The van der Waals surface area contributed by atoms with Gasteiger partial charge in [0.2, 0.25) is 5.91 Å². The molecule has 1 aromatic carbocycles. The lowest BCUT2D eigenvalue weighted by atomic mass is 10.1. The van der Waals surface area contributed by atoms with Crippen molar-refractivity contribution in [3.05, 3.63) is 35.9 Å². The summed E-state index contributed by atoms with van der Waals surface area (Å²) in [5.74, 6) is -1.33. The van der Waals surface area contributed by atoms with E-state index in [0.717, 1.165) is 6.08 Å². The van der Waals surface area contributed by atoms with Gasteiger partial charge in [0.25, 0.3) is 0 Å². The Kier molecular flexibility index (Phi) is 6.42. The minimum atomic E-state index is -1.03. The summed E-state index contributed by atoms with van der Waals surface area (Å²) in [7, 11) is 1.54. The largest absolute Gasteiger partial charge is 0.478 e. The Hall–Kier alpha value is -2.18. The topological polar surface area (TPSA) is 102 Å². The van der Waals surface area contributed by atoms with E-state index in [0.29, 0.717) is 24.3 Å². The first-order chi connectivity index (χ1) is 9.52. The molecule has 0 radical (unpaired) electrons. The zero-order valence-electron chi connectivity index (χ0n) is 11.2. The number of nitrogens with two attached hydrogens (primary N) is 1. The fourth-order valence-corrected chi connectivity index (χ4v) is 1.50. The molecule has 1 unspecified atom stereocenters. The number of ether oxygens (including phenoxy) is 1. The SMILES string of the molecule is COCCC(N)C(=O)Nc1cccc(/C=C/C(=O)O)c1. The number of hydrogen-bond acceptors (Lipinski definition) is 4.